The first-order chi connectivity index (χ1) is 12.1. The molecular formula is C20H24N2O3. The summed E-state index contributed by atoms with van der Waals surface area (Å²) < 4.78 is 5.23. The van der Waals surface area contributed by atoms with Gasteiger partial charge >= 0.3 is 0 Å². The molecule has 2 aromatic rings. The second-order valence-corrected chi connectivity index (χ2v) is 6.56. The summed E-state index contributed by atoms with van der Waals surface area (Å²) in [7, 11) is 0. The lowest BCUT2D eigenvalue weighted by molar-refractivity contribution is -0.138. The van der Waals surface area contributed by atoms with E-state index < -0.39 is 0 Å². The van der Waals surface area contributed by atoms with Crippen molar-refractivity contribution in [1.82, 2.24) is 10.2 Å². The molecule has 25 heavy (non-hydrogen) atoms. The smallest absolute Gasteiger partial charge is 0.243 e. The van der Waals surface area contributed by atoms with E-state index in [1.807, 2.05) is 36.4 Å². The summed E-state index contributed by atoms with van der Waals surface area (Å²) in [4.78, 5) is 26.9. The standard InChI is InChI=1S/C20H24N2O3/c1-15(16-7-3-2-4-8-16)13-19(23)22-11-5-10-18(22)20(24)21-14-17-9-6-12-25-17/h2-4,6-9,12,15,18H,5,10-11,13-14H2,1H3,(H,21,24). The Morgan fingerprint density at radius 1 is 1.24 bits per heavy atom. The monoisotopic (exact) mass is 340 g/mol. The minimum Gasteiger partial charge on any atom is -0.467 e. The summed E-state index contributed by atoms with van der Waals surface area (Å²) >= 11 is 0. The summed E-state index contributed by atoms with van der Waals surface area (Å²) in [6, 6.07) is 13.2. The highest BCUT2D eigenvalue weighted by Crippen LogP contribution is 2.24. The SMILES string of the molecule is CC(CC(=O)N1CCCC1C(=O)NCc1ccco1)c1ccccc1. The molecule has 1 saturated heterocycles. The highest BCUT2D eigenvalue weighted by molar-refractivity contribution is 5.88. The molecule has 5 heteroatoms. The normalized spacial score (nSPS) is 18.1. The third kappa shape index (κ3) is 4.29. The lowest BCUT2D eigenvalue weighted by Crippen LogP contribution is -2.45. The number of rotatable bonds is 6. The first kappa shape index (κ1) is 17.3. The van der Waals surface area contributed by atoms with E-state index in [2.05, 4.69) is 12.2 Å². The minimum atomic E-state index is -0.370. The Bertz CT molecular complexity index is 697. The van der Waals surface area contributed by atoms with Crippen LogP contribution in [-0.2, 0) is 16.1 Å². The Morgan fingerprint density at radius 3 is 2.76 bits per heavy atom. The summed E-state index contributed by atoms with van der Waals surface area (Å²) in [6.07, 6.45) is 3.59. The number of furan rings is 1. The van der Waals surface area contributed by atoms with Gasteiger partial charge in [-0.15, -0.1) is 0 Å². The number of carbonyl (C=O) groups excluding carboxylic acids is 2. The maximum Gasteiger partial charge on any atom is 0.243 e. The fraction of sp³-hybridized carbons (Fsp3) is 0.400. The van der Waals surface area contributed by atoms with E-state index in [4.69, 9.17) is 4.42 Å². The van der Waals surface area contributed by atoms with Crippen LogP contribution in [0.3, 0.4) is 0 Å². The molecule has 0 saturated carbocycles. The van der Waals surface area contributed by atoms with Crippen LogP contribution in [0, 0.1) is 0 Å². The molecule has 0 bridgehead atoms. The molecule has 2 unspecified atom stereocenters. The van der Waals surface area contributed by atoms with E-state index in [1.54, 1.807) is 17.2 Å². The van der Waals surface area contributed by atoms with Gasteiger partial charge in [0, 0.05) is 13.0 Å². The van der Waals surface area contributed by atoms with Crippen molar-refractivity contribution in [2.24, 2.45) is 0 Å². The van der Waals surface area contributed by atoms with Gasteiger partial charge in [0.15, 0.2) is 0 Å². The first-order valence-electron chi connectivity index (χ1n) is 8.79. The summed E-state index contributed by atoms with van der Waals surface area (Å²) in [6.45, 7) is 3.05. The molecule has 1 N–H and O–H groups in total. The number of carbonyl (C=O) groups is 2. The van der Waals surface area contributed by atoms with Crippen molar-refractivity contribution in [3.63, 3.8) is 0 Å². The van der Waals surface area contributed by atoms with Crippen LogP contribution in [0.25, 0.3) is 0 Å². The molecule has 132 valence electrons. The van der Waals surface area contributed by atoms with Gasteiger partial charge in [-0.2, -0.15) is 0 Å². The van der Waals surface area contributed by atoms with Gasteiger partial charge in [-0.05, 0) is 36.5 Å². The Morgan fingerprint density at radius 2 is 2.04 bits per heavy atom. The average Bonchev–Trinajstić information content (AvgIpc) is 3.32. The van der Waals surface area contributed by atoms with Crippen LogP contribution < -0.4 is 5.32 Å². The molecule has 1 aliphatic rings. The van der Waals surface area contributed by atoms with Gasteiger partial charge in [-0.25, -0.2) is 0 Å². The van der Waals surface area contributed by atoms with Crippen LogP contribution >= 0.6 is 0 Å². The number of hydrogen-bond acceptors (Lipinski definition) is 3. The van der Waals surface area contributed by atoms with Crippen molar-refractivity contribution in [1.29, 1.82) is 0 Å². The maximum atomic E-state index is 12.7. The molecule has 1 aliphatic heterocycles. The average molecular weight is 340 g/mol. The van der Waals surface area contributed by atoms with Crippen LogP contribution in [-0.4, -0.2) is 29.3 Å². The minimum absolute atomic E-state index is 0.0481. The predicted molar refractivity (Wildman–Crippen MR) is 94.8 cm³/mol. The van der Waals surface area contributed by atoms with Crippen molar-refractivity contribution in [2.45, 2.75) is 44.7 Å². The predicted octanol–water partition coefficient (Wildman–Crippen LogP) is 3.08. The van der Waals surface area contributed by atoms with Crippen LogP contribution in [0.4, 0.5) is 0 Å². The molecule has 0 spiro atoms. The number of nitrogens with one attached hydrogen (secondary N) is 1. The van der Waals surface area contributed by atoms with E-state index in [0.29, 0.717) is 25.3 Å². The zero-order valence-electron chi connectivity index (χ0n) is 14.5. The summed E-state index contributed by atoms with van der Waals surface area (Å²) in [5.74, 6) is 0.796. The Kier molecular flexibility index (Phi) is 5.53. The quantitative estimate of drug-likeness (QED) is 0.879. The molecule has 2 amide bonds. The topological polar surface area (TPSA) is 62.6 Å². The van der Waals surface area contributed by atoms with Gasteiger partial charge in [0.05, 0.1) is 12.8 Å². The van der Waals surface area contributed by atoms with Crippen LogP contribution in [0.1, 0.15) is 43.4 Å². The molecular weight excluding hydrogens is 316 g/mol. The third-order valence-electron chi connectivity index (χ3n) is 4.74. The molecule has 1 aromatic heterocycles. The molecule has 5 nitrogen and oxygen atoms in total. The maximum absolute atomic E-state index is 12.7. The van der Waals surface area contributed by atoms with E-state index in [1.165, 1.54) is 0 Å². The Balaban J connectivity index is 1.56. The summed E-state index contributed by atoms with van der Waals surface area (Å²) in [5, 5.41) is 2.87. The van der Waals surface area contributed by atoms with Gasteiger partial charge in [0.25, 0.3) is 0 Å². The van der Waals surface area contributed by atoms with Gasteiger partial charge in [-0.3, -0.25) is 9.59 Å². The highest BCUT2D eigenvalue weighted by atomic mass is 16.3. The van der Waals surface area contributed by atoms with Gasteiger partial charge < -0.3 is 14.6 Å². The van der Waals surface area contributed by atoms with Crippen molar-refractivity contribution >= 4 is 11.8 Å². The lowest BCUT2D eigenvalue weighted by atomic mass is 9.97. The van der Waals surface area contributed by atoms with Gasteiger partial charge in [0.2, 0.25) is 11.8 Å². The van der Waals surface area contributed by atoms with Crippen molar-refractivity contribution in [2.75, 3.05) is 6.54 Å². The number of likely N-dealkylation sites (tertiary alicyclic amines) is 1. The Labute approximate surface area is 148 Å². The zero-order chi connectivity index (χ0) is 17.6. The van der Waals surface area contributed by atoms with E-state index >= 15 is 0 Å². The molecule has 2 heterocycles. The Hall–Kier alpha value is -2.56. The first-order valence-corrected chi connectivity index (χ1v) is 8.79. The molecule has 0 radical (unpaired) electrons. The molecule has 0 aliphatic carbocycles. The largest absolute Gasteiger partial charge is 0.467 e. The van der Waals surface area contributed by atoms with Crippen LogP contribution in [0.5, 0.6) is 0 Å². The lowest BCUT2D eigenvalue weighted by Gasteiger charge is -2.25. The highest BCUT2D eigenvalue weighted by Gasteiger charge is 2.34. The number of nitrogens with zero attached hydrogens (tertiary/aromatic N) is 1. The van der Waals surface area contributed by atoms with Crippen LogP contribution in [0.2, 0.25) is 0 Å². The second kappa shape index (κ2) is 8.01. The van der Waals surface area contributed by atoms with Crippen LogP contribution in [0.15, 0.2) is 53.1 Å². The van der Waals surface area contributed by atoms with Crippen molar-refractivity contribution in [3.8, 4) is 0 Å². The fourth-order valence-corrected chi connectivity index (χ4v) is 3.32. The fourth-order valence-electron chi connectivity index (χ4n) is 3.32. The van der Waals surface area contributed by atoms with Crippen molar-refractivity contribution < 1.29 is 14.0 Å². The third-order valence-corrected chi connectivity index (χ3v) is 4.74. The van der Waals surface area contributed by atoms with E-state index in [0.717, 1.165) is 18.4 Å². The number of amides is 2. The molecule has 2 atom stereocenters. The number of benzene rings is 1. The van der Waals surface area contributed by atoms with Gasteiger partial charge in [-0.1, -0.05) is 37.3 Å². The molecule has 1 aromatic carbocycles. The van der Waals surface area contributed by atoms with E-state index in [9.17, 15) is 9.59 Å². The second-order valence-electron chi connectivity index (χ2n) is 6.56. The van der Waals surface area contributed by atoms with Crippen molar-refractivity contribution in [3.05, 3.63) is 60.1 Å². The van der Waals surface area contributed by atoms with E-state index in [-0.39, 0.29) is 23.8 Å². The summed E-state index contributed by atoms with van der Waals surface area (Å²) in [5.41, 5.74) is 1.15. The zero-order valence-corrected chi connectivity index (χ0v) is 14.5. The molecule has 1 fully saturated rings. The molecule has 3 rings (SSSR count). The van der Waals surface area contributed by atoms with Gasteiger partial charge in [0.1, 0.15) is 11.8 Å². The number of hydrogen-bond donors (Lipinski definition) is 1.